The molecule has 2 N–H and O–H groups in total. The summed E-state index contributed by atoms with van der Waals surface area (Å²) in [6.45, 7) is 11.9. The molecule has 0 amide bonds. The van der Waals surface area contributed by atoms with Crippen LogP contribution in [-0.2, 0) is 4.74 Å². The number of ether oxygens (including phenoxy) is 1. The van der Waals surface area contributed by atoms with E-state index in [1.54, 1.807) is 0 Å². The predicted octanol–water partition coefficient (Wildman–Crippen LogP) is 3.63. The second-order valence-corrected chi connectivity index (χ2v) is 6.84. The maximum absolute atomic E-state index is 5.89. The van der Waals surface area contributed by atoms with Crippen LogP contribution in [0.3, 0.4) is 0 Å². The van der Waals surface area contributed by atoms with Crippen molar-refractivity contribution in [3.8, 4) is 0 Å². The van der Waals surface area contributed by atoms with Gasteiger partial charge >= 0.3 is 0 Å². The average Bonchev–Trinajstić information content (AvgIpc) is 3.10. The van der Waals surface area contributed by atoms with Gasteiger partial charge in [0, 0.05) is 26.2 Å². The summed E-state index contributed by atoms with van der Waals surface area (Å²) < 4.78 is 5.89. The normalized spacial score (nSPS) is 16.8. The van der Waals surface area contributed by atoms with E-state index in [0.29, 0.717) is 12.1 Å². The molecule has 1 rings (SSSR count). The summed E-state index contributed by atoms with van der Waals surface area (Å²) in [5, 5.41) is 6.88. The molecule has 6 heteroatoms. The van der Waals surface area contributed by atoms with E-state index < -0.39 is 0 Å². The highest BCUT2D eigenvalue weighted by molar-refractivity contribution is 14.0. The van der Waals surface area contributed by atoms with Crippen molar-refractivity contribution < 1.29 is 4.74 Å². The lowest BCUT2D eigenvalue weighted by atomic mass is 10.2. The molecule has 0 bridgehead atoms. The zero-order valence-electron chi connectivity index (χ0n) is 16.9. The minimum absolute atomic E-state index is 0. The highest BCUT2D eigenvalue weighted by atomic mass is 127. The van der Waals surface area contributed by atoms with Crippen molar-refractivity contribution in [3.63, 3.8) is 0 Å². The Morgan fingerprint density at radius 3 is 2.48 bits per heavy atom. The van der Waals surface area contributed by atoms with Gasteiger partial charge in [0.15, 0.2) is 5.96 Å². The average molecular weight is 468 g/mol. The molecule has 1 aliphatic rings. The summed E-state index contributed by atoms with van der Waals surface area (Å²) in [5.74, 6) is 0.909. The van der Waals surface area contributed by atoms with Gasteiger partial charge in [-0.05, 0) is 58.7 Å². The molecular weight excluding hydrogens is 427 g/mol. The molecule has 5 nitrogen and oxygen atoms in total. The SMILES string of the molecule is CCN(CC)CCCC(C)NC(=NC)NCCCOC1CCCC1.I. The van der Waals surface area contributed by atoms with E-state index in [4.69, 9.17) is 4.74 Å². The maximum Gasteiger partial charge on any atom is 0.191 e. The van der Waals surface area contributed by atoms with Crippen LogP contribution < -0.4 is 10.6 Å². The van der Waals surface area contributed by atoms with E-state index in [2.05, 4.69) is 41.3 Å². The molecule has 1 unspecified atom stereocenters. The van der Waals surface area contributed by atoms with Crippen molar-refractivity contribution in [1.82, 2.24) is 15.5 Å². The molecule has 0 aromatic rings. The summed E-state index contributed by atoms with van der Waals surface area (Å²) in [4.78, 5) is 6.80. The Hall–Kier alpha value is -0.0800. The molecular formula is C19H41IN4O. The Labute approximate surface area is 172 Å². The Morgan fingerprint density at radius 2 is 1.88 bits per heavy atom. The highest BCUT2D eigenvalue weighted by Gasteiger charge is 2.14. The van der Waals surface area contributed by atoms with E-state index >= 15 is 0 Å². The Balaban J connectivity index is 0.00000576. The second kappa shape index (κ2) is 16.1. The third-order valence-corrected chi connectivity index (χ3v) is 4.88. The van der Waals surface area contributed by atoms with Crippen LogP contribution in [0.1, 0.15) is 65.7 Å². The molecule has 0 aromatic carbocycles. The fraction of sp³-hybridized carbons (Fsp3) is 0.947. The smallest absolute Gasteiger partial charge is 0.191 e. The minimum atomic E-state index is 0. The molecule has 1 fully saturated rings. The van der Waals surface area contributed by atoms with Crippen molar-refractivity contribution in [2.24, 2.45) is 4.99 Å². The molecule has 0 spiro atoms. The lowest BCUT2D eigenvalue weighted by Gasteiger charge is -2.21. The summed E-state index contributed by atoms with van der Waals surface area (Å²) >= 11 is 0. The summed E-state index contributed by atoms with van der Waals surface area (Å²) in [6, 6.07) is 0.446. The zero-order valence-corrected chi connectivity index (χ0v) is 19.2. The predicted molar refractivity (Wildman–Crippen MR) is 119 cm³/mol. The molecule has 25 heavy (non-hydrogen) atoms. The number of nitrogens with zero attached hydrogens (tertiary/aromatic N) is 2. The van der Waals surface area contributed by atoms with E-state index in [1.165, 1.54) is 45.1 Å². The fourth-order valence-corrected chi connectivity index (χ4v) is 3.25. The number of guanidine groups is 1. The number of rotatable bonds is 12. The first-order valence-electron chi connectivity index (χ1n) is 10.0. The third kappa shape index (κ3) is 12.0. The lowest BCUT2D eigenvalue weighted by molar-refractivity contribution is 0.0574. The van der Waals surface area contributed by atoms with Crippen LogP contribution in [-0.4, -0.2) is 62.8 Å². The van der Waals surface area contributed by atoms with Crippen LogP contribution in [0, 0.1) is 0 Å². The first kappa shape index (κ1) is 24.9. The summed E-state index contributed by atoms with van der Waals surface area (Å²) in [7, 11) is 1.84. The quantitative estimate of drug-likeness (QED) is 0.199. The zero-order chi connectivity index (χ0) is 17.6. The number of hydrogen-bond acceptors (Lipinski definition) is 3. The summed E-state index contributed by atoms with van der Waals surface area (Å²) in [5.41, 5.74) is 0. The number of aliphatic imine (C=N–C) groups is 1. The molecule has 0 radical (unpaired) electrons. The topological polar surface area (TPSA) is 48.9 Å². The van der Waals surface area contributed by atoms with Crippen LogP contribution in [0.2, 0.25) is 0 Å². The molecule has 0 heterocycles. The van der Waals surface area contributed by atoms with Crippen molar-refractivity contribution >= 4 is 29.9 Å². The van der Waals surface area contributed by atoms with E-state index in [-0.39, 0.29) is 24.0 Å². The largest absolute Gasteiger partial charge is 0.378 e. The van der Waals surface area contributed by atoms with E-state index in [0.717, 1.165) is 38.6 Å². The van der Waals surface area contributed by atoms with Gasteiger partial charge in [0.05, 0.1) is 6.10 Å². The van der Waals surface area contributed by atoms with Crippen LogP contribution in [0.15, 0.2) is 4.99 Å². The Kier molecular flexibility index (Phi) is 16.1. The van der Waals surface area contributed by atoms with Gasteiger partial charge < -0.3 is 20.3 Å². The Bertz CT molecular complexity index is 331. The number of halogens is 1. The molecule has 1 saturated carbocycles. The van der Waals surface area contributed by atoms with E-state index in [1.807, 2.05) is 7.05 Å². The number of hydrogen-bond donors (Lipinski definition) is 2. The van der Waals surface area contributed by atoms with Gasteiger partial charge in [-0.3, -0.25) is 4.99 Å². The van der Waals surface area contributed by atoms with Gasteiger partial charge in [-0.25, -0.2) is 0 Å². The maximum atomic E-state index is 5.89. The van der Waals surface area contributed by atoms with Crippen LogP contribution in [0.4, 0.5) is 0 Å². The van der Waals surface area contributed by atoms with Crippen LogP contribution in [0.25, 0.3) is 0 Å². The standard InChI is InChI=1S/C19H40N4O.HI/c1-5-23(6-2)15-9-11-17(3)22-19(20-4)21-14-10-16-24-18-12-7-8-13-18;/h17-18H,5-16H2,1-4H3,(H2,20,21,22);1H. The van der Waals surface area contributed by atoms with Crippen molar-refractivity contribution in [2.45, 2.75) is 77.9 Å². The molecule has 0 aromatic heterocycles. The fourth-order valence-electron chi connectivity index (χ4n) is 3.25. The highest BCUT2D eigenvalue weighted by Crippen LogP contribution is 2.20. The minimum Gasteiger partial charge on any atom is -0.378 e. The molecule has 0 saturated heterocycles. The second-order valence-electron chi connectivity index (χ2n) is 6.84. The van der Waals surface area contributed by atoms with Crippen molar-refractivity contribution in [2.75, 3.05) is 39.8 Å². The van der Waals surface area contributed by atoms with Gasteiger partial charge in [-0.15, -0.1) is 24.0 Å². The monoisotopic (exact) mass is 468 g/mol. The first-order valence-corrected chi connectivity index (χ1v) is 10.0. The molecule has 0 aliphatic heterocycles. The van der Waals surface area contributed by atoms with Gasteiger partial charge in [0.25, 0.3) is 0 Å². The number of nitrogens with one attached hydrogen (secondary N) is 2. The van der Waals surface area contributed by atoms with Crippen molar-refractivity contribution in [3.05, 3.63) is 0 Å². The van der Waals surface area contributed by atoms with E-state index in [9.17, 15) is 0 Å². The molecule has 150 valence electrons. The molecule has 1 atom stereocenters. The van der Waals surface area contributed by atoms with Crippen molar-refractivity contribution in [1.29, 1.82) is 0 Å². The van der Waals surface area contributed by atoms with Gasteiger partial charge in [0.2, 0.25) is 0 Å². The van der Waals surface area contributed by atoms with Crippen LogP contribution >= 0.6 is 24.0 Å². The third-order valence-electron chi connectivity index (χ3n) is 4.88. The summed E-state index contributed by atoms with van der Waals surface area (Å²) in [6.07, 6.45) is 9.13. The Morgan fingerprint density at radius 1 is 1.20 bits per heavy atom. The lowest BCUT2D eigenvalue weighted by Crippen LogP contribution is -2.43. The van der Waals surface area contributed by atoms with Gasteiger partial charge in [0.1, 0.15) is 0 Å². The van der Waals surface area contributed by atoms with Gasteiger partial charge in [-0.1, -0.05) is 26.7 Å². The first-order chi connectivity index (χ1) is 11.7. The molecule has 1 aliphatic carbocycles. The van der Waals surface area contributed by atoms with Gasteiger partial charge in [-0.2, -0.15) is 0 Å². The van der Waals surface area contributed by atoms with Crippen LogP contribution in [0.5, 0.6) is 0 Å².